The zero-order chi connectivity index (χ0) is 9.94. The standard InChI is InChI=1S/C11H22N2/c1-3-5-6-7-10-13(9-4-2)11-8-12/h3-7,9-11H2,1-2H3. The average Bonchev–Trinajstić information content (AvgIpc) is 2.13. The summed E-state index contributed by atoms with van der Waals surface area (Å²) in [6, 6.07) is 2.22. The topological polar surface area (TPSA) is 27.0 Å². The van der Waals surface area contributed by atoms with E-state index in [1.54, 1.807) is 0 Å². The maximum absolute atomic E-state index is 8.57. The van der Waals surface area contributed by atoms with Gasteiger partial charge in [0, 0.05) is 0 Å². The molecule has 2 nitrogen and oxygen atoms in total. The monoisotopic (exact) mass is 182 g/mol. The van der Waals surface area contributed by atoms with Gasteiger partial charge in [-0.25, -0.2) is 0 Å². The molecule has 0 aromatic rings. The third-order valence-electron chi connectivity index (χ3n) is 2.16. The minimum Gasteiger partial charge on any atom is -0.291 e. The van der Waals surface area contributed by atoms with Gasteiger partial charge in [-0.15, -0.1) is 0 Å². The van der Waals surface area contributed by atoms with Gasteiger partial charge in [-0.2, -0.15) is 5.26 Å². The Morgan fingerprint density at radius 3 is 2.31 bits per heavy atom. The van der Waals surface area contributed by atoms with Crippen molar-refractivity contribution in [1.29, 1.82) is 5.26 Å². The Labute approximate surface area is 82.5 Å². The van der Waals surface area contributed by atoms with Crippen molar-refractivity contribution in [2.45, 2.75) is 46.0 Å². The molecule has 0 heterocycles. The number of nitriles is 1. The molecule has 0 aromatic carbocycles. The van der Waals surface area contributed by atoms with Crippen LogP contribution in [-0.2, 0) is 0 Å². The number of nitrogens with zero attached hydrogens (tertiary/aromatic N) is 2. The summed E-state index contributed by atoms with van der Waals surface area (Å²) in [5, 5.41) is 8.57. The van der Waals surface area contributed by atoms with Crippen LogP contribution in [0, 0.1) is 11.3 Å². The lowest BCUT2D eigenvalue weighted by atomic mass is 10.2. The van der Waals surface area contributed by atoms with Crippen LogP contribution in [0.5, 0.6) is 0 Å². The van der Waals surface area contributed by atoms with E-state index in [1.807, 2.05) is 0 Å². The van der Waals surface area contributed by atoms with Gasteiger partial charge in [0.2, 0.25) is 0 Å². The van der Waals surface area contributed by atoms with E-state index in [-0.39, 0.29) is 0 Å². The molecular formula is C11H22N2. The lowest BCUT2D eigenvalue weighted by Gasteiger charge is -2.17. The fraction of sp³-hybridized carbons (Fsp3) is 0.909. The Bertz CT molecular complexity index is 138. The van der Waals surface area contributed by atoms with Gasteiger partial charge in [0.15, 0.2) is 0 Å². The van der Waals surface area contributed by atoms with E-state index in [0.717, 1.165) is 19.5 Å². The predicted molar refractivity (Wildman–Crippen MR) is 56.5 cm³/mol. The maximum Gasteiger partial charge on any atom is 0.0865 e. The Morgan fingerprint density at radius 2 is 1.77 bits per heavy atom. The zero-order valence-corrected chi connectivity index (χ0v) is 9.05. The SMILES string of the molecule is CCCCCCN(CC#N)CCC. The first kappa shape index (κ1) is 12.4. The largest absolute Gasteiger partial charge is 0.291 e. The molecule has 0 fully saturated rings. The van der Waals surface area contributed by atoms with E-state index in [2.05, 4.69) is 24.8 Å². The molecule has 0 N–H and O–H groups in total. The summed E-state index contributed by atoms with van der Waals surface area (Å²) >= 11 is 0. The molecule has 76 valence electrons. The van der Waals surface area contributed by atoms with Gasteiger partial charge in [-0.3, -0.25) is 4.90 Å². The van der Waals surface area contributed by atoms with Crippen LogP contribution in [0.1, 0.15) is 46.0 Å². The number of unbranched alkanes of at least 4 members (excludes halogenated alkanes) is 3. The van der Waals surface area contributed by atoms with E-state index < -0.39 is 0 Å². The van der Waals surface area contributed by atoms with Crippen LogP contribution in [0.15, 0.2) is 0 Å². The van der Waals surface area contributed by atoms with Gasteiger partial charge in [-0.05, 0) is 25.9 Å². The lowest BCUT2D eigenvalue weighted by Crippen LogP contribution is -2.26. The summed E-state index contributed by atoms with van der Waals surface area (Å²) in [5.41, 5.74) is 0. The maximum atomic E-state index is 8.57. The first-order valence-electron chi connectivity index (χ1n) is 5.44. The average molecular weight is 182 g/mol. The number of hydrogen-bond donors (Lipinski definition) is 0. The molecule has 0 rings (SSSR count). The van der Waals surface area contributed by atoms with Crippen molar-refractivity contribution in [3.8, 4) is 6.07 Å². The highest BCUT2D eigenvalue weighted by Crippen LogP contribution is 2.01. The van der Waals surface area contributed by atoms with Gasteiger partial charge < -0.3 is 0 Å². The smallest absolute Gasteiger partial charge is 0.0865 e. The molecule has 0 aliphatic heterocycles. The summed E-state index contributed by atoms with van der Waals surface area (Å²) in [6.07, 6.45) is 6.31. The normalized spacial score (nSPS) is 10.3. The molecule has 0 radical (unpaired) electrons. The first-order valence-corrected chi connectivity index (χ1v) is 5.44. The molecule has 0 bridgehead atoms. The van der Waals surface area contributed by atoms with Crippen molar-refractivity contribution in [3.63, 3.8) is 0 Å². The second kappa shape index (κ2) is 9.54. The molecule has 0 aliphatic carbocycles. The van der Waals surface area contributed by atoms with Crippen molar-refractivity contribution in [2.24, 2.45) is 0 Å². The summed E-state index contributed by atoms with van der Waals surface area (Å²) in [5.74, 6) is 0. The second-order valence-electron chi connectivity index (χ2n) is 3.49. The van der Waals surface area contributed by atoms with Crippen molar-refractivity contribution in [1.82, 2.24) is 4.90 Å². The summed E-state index contributed by atoms with van der Waals surface area (Å²) in [4.78, 5) is 2.25. The minimum absolute atomic E-state index is 0.597. The summed E-state index contributed by atoms with van der Waals surface area (Å²) in [7, 11) is 0. The third kappa shape index (κ3) is 7.80. The van der Waals surface area contributed by atoms with Crippen LogP contribution >= 0.6 is 0 Å². The van der Waals surface area contributed by atoms with Crippen LogP contribution in [0.2, 0.25) is 0 Å². The van der Waals surface area contributed by atoms with E-state index in [0.29, 0.717) is 6.54 Å². The molecule has 13 heavy (non-hydrogen) atoms. The fourth-order valence-corrected chi connectivity index (χ4v) is 1.45. The molecule has 0 aliphatic rings. The Hall–Kier alpha value is -0.550. The van der Waals surface area contributed by atoms with Crippen molar-refractivity contribution in [3.05, 3.63) is 0 Å². The number of hydrogen-bond acceptors (Lipinski definition) is 2. The van der Waals surface area contributed by atoms with E-state index >= 15 is 0 Å². The van der Waals surface area contributed by atoms with E-state index in [9.17, 15) is 0 Å². The molecule has 0 unspecified atom stereocenters. The van der Waals surface area contributed by atoms with Crippen molar-refractivity contribution >= 4 is 0 Å². The van der Waals surface area contributed by atoms with Crippen LogP contribution < -0.4 is 0 Å². The fourth-order valence-electron chi connectivity index (χ4n) is 1.45. The molecular weight excluding hydrogens is 160 g/mol. The van der Waals surface area contributed by atoms with E-state index in [1.165, 1.54) is 25.7 Å². The Morgan fingerprint density at radius 1 is 1.00 bits per heavy atom. The third-order valence-corrected chi connectivity index (χ3v) is 2.16. The van der Waals surface area contributed by atoms with Crippen molar-refractivity contribution in [2.75, 3.05) is 19.6 Å². The molecule has 0 spiro atoms. The van der Waals surface area contributed by atoms with E-state index in [4.69, 9.17) is 5.26 Å². The Balaban J connectivity index is 3.40. The molecule has 0 saturated carbocycles. The summed E-state index contributed by atoms with van der Waals surface area (Å²) < 4.78 is 0. The quantitative estimate of drug-likeness (QED) is 0.426. The highest BCUT2D eigenvalue weighted by Gasteiger charge is 2.01. The molecule has 0 atom stereocenters. The molecule has 2 heteroatoms. The van der Waals surface area contributed by atoms with Crippen molar-refractivity contribution < 1.29 is 0 Å². The predicted octanol–water partition coefficient (Wildman–Crippen LogP) is 2.80. The molecule has 0 aromatic heterocycles. The van der Waals surface area contributed by atoms with Gasteiger partial charge in [-0.1, -0.05) is 33.1 Å². The first-order chi connectivity index (χ1) is 6.35. The molecule has 0 amide bonds. The lowest BCUT2D eigenvalue weighted by molar-refractivity contribution is 0.298. The van der Waals surface area contributed by atoms with Gasteiger partial charge in [0.05, 0.1) is 12.6 Å². The highest BCUT2D eigenvalue weighted by atomic mass is 15.1. The van der Waals surface area contributed by atoms with Gasteiger partial charge in [0.1, 0.15) is 0 Å². The Kier molecular flexibility index (Phi) is 9.13. The van der Waals surface area contributed by atoms with Crippen LogP contribution in [0.3, 0.4) is 0 Å². The highest BCUT2D eigenvalue weighted by molar-refractivity contribution is 4.75. The second-order valence-corrected chi connectivity index (χ2v) is 3.49. The minimum atomic E-state index is 0.597. The zero-order valence-electron chi connectivity index (χ0n) is 9.05. The van der Waals surface area contributed by atoms with Crippen LogP contribution in [0.4, 0.5) is 0 Å². The van der Waals surface area contributed by atoms with Crippen LogP contribution in [-0.4, -0.2) is 24.5 Å². The van der Waals surface area contributed by atoms with Crippen LogP contribution in [0.25, 0.3) is 0 Å². The summed E-state index contributed by atoms with van der Waals surface area (Å²) in [6.45, 7) is 7.15. The molecule has 0 saturated heterocycles. The van der Waals surface area contributed by atoms with Gasteiger partial charge >= 0.3 is 0 Å². The number of rotatable bonds is 8. The van der Waals surface area contributed by atoms with Gasteiger partial charge in [0.25, 0.3) is 0 Å².